The van der Waals surface area contributed by atoms with E-state index in [4.69, 9.17) is 5.73 Å². The minimum absolute atomic E-state index is 0.103. The van der Waals surface area contributed by atoms with E-state index in [0.29, 0.717) is 6.54 Å². The van der Waals surface area contributed by atoms with Crippen molar-refractivity contribution in [3.8, 4) is 0 Å². The molecule has 0 spiro atoms. The van der Waals surface area contributed by atoms with Crippen molar-refractivity contribution in [1.82, 2.24) is 9.13 Å². The maximum Gasteiger partial charge on any atom is 0.331 e. The summed E-state index contributed by atoms with van der Waals surface area (Å²) < 4.78 is 2.69. The number of benzene rings is 1. The molecule has 2 rings (SSSR count). The molecule has 0 fully saturated rings. The third-order valence-electron chi connectivity index (χ3n) is 3.15. The number of anilines is 1. The van der Waals surface area contributed by atoms with Gasteiger partial charge in [0, 0.05) is 12.7 Å². The van der Waals surface area contributed by atoms with Gasteiger partial charge >= 0.3 is 5.69 Å². The molecule has 1 aromatic heterocycles. The smallest absolute Gasteiger partial charge is 0.331 e. The molecule has 1 aromatic carbocycles. The average Bonchev–Trinajstić information content (AvgIpc) is 2.41. The fourth-order valence-corrected chi connectivity index (χ4v) is 2.21. The molecule has 20 heavy (non-hydrogen) atoms. The van der Waals surface area contributed by atoms with Gasteiger partial charge in [-0.1, -0.05) is 36.8 Å². The van der Waals surface area contributed by atoms with Gasteiger partial charge in [-0.15, -0.1) is 0 Å². The van der Waals surface area contributed by atoms with E-state index < -0.39 is 5.56 Å². The molecule has 0 aliphatic rings. The van der Waals surface area contributed by atoms with Crippen molar-refractivity contribution in [2.45, 2.75) is 33.4 Å². The first-order valence-electron chi connectivity index (χ1n) is 6.68. The summed E-state index contributed by atoms with van der Waals surface area (Å²) >= 11 is 0. The Labute approximate surface area is 117 Å². The summed E-state index contributed by atoms with van der Waals surface area (Å²) in [5.74, 6) is 0. The van der Waals surface area contributed by atoms with Crippen LogP contribution in [0.5, 0.6) is 0 Å². The van der Waals surface area contributed by atoms with Crippen LogP contribution in [0.4, 0.5) is 5.69 Å². The largest absolute Gasteiger partial charge is 0.393 e. The molecule has 2 aromatic rings. The standard InChI is InChI=1S/C15H19N3O2/c1-3-7-17-10-13(16)14(19)18(15(17)20)9-12-6-4-5-11(2)8-12/h4-6,8,10H,3,7,9,16H2,1-2H3. The van der Waals surface area contributed by atoms with Crippen LogP contribution in [-0.2, 0) is 13.1 Å². The Morgan fingerprint density at radius 3 is 2.65 bits per heavy atom. The molecule has 2 N–H and O–H groups in total. The van der Waals surface area contributed by atoms with Gasteiger partial charge in [0.15, 0.2) is 0 Å². The van der Waals surface area contributed by atoms with Gasteiger partial charge in [-0.3, -0.25) is 13.9 Å². The number of nitrogen functional groups attached to an aromatic ring is 1. The molecule has 0 aliphatic heterocycles. The van der Waals surface area contributed by atoms with Crippen molar-refractivity contribution < 1.29 is 0 Å². The summed E-state index contributed by atoms with van der Waals surface area (Å²) in [5.41, 5.74) is 7.08. The zero-order valence-electron chi connectivity index (χ0n) is 11.8. The Hall–Kier alpha value is -2.30. The molecular weight excluding hydrogens is 254 g/mol. The van der Waals surface area contributed by atoms with Crippen LogP contribution in [0.3, 0.4) is 0 Å². The summed E-state index contributed by atoms with van der Waals surface area (Å²) in [7, 11) is 0. The number of hydrogen-bond acceptors (Lipinski definition) is 3. The Morgan fingerprint density at radius 2 is 2.00 bits per heavy atom. The fourth-order valence-electron chi connectivity index (χ4n) is 2.21. The van der Waals surface area contributed by atoms with E-state index >= 15 is 0 Å². The first-order chi connectivity index (χ1) is 9.52. The molecule has 0 aliphatic carbocycles. The number of aryl methyl sites for hydroxylation is 2. The fraction of sp³-hybridized carbons (Fsp3) is 0.333. The molecule has 0 saturated heterocycles. The highest BCUT2D eigenvalue weighted by molar-refractivity contribution is 5.31. The molecule has 106 valence electrons. The van der Waals surface area contributed by atoms with Crippen LogP contribution in [0, 0.1) is 6.92 Å². The van der Waals surface area contributed by atoms with Crippen molar-refractivity contribution in [2.75, 3.05) is 5.73 Å². The van der Waals surface area contributed by atoms with Crippen molar-refractivity contribution in [1.29, 1.82) is 0 Å². The summed E-state index contributed by atoms with van der Waals surface area (Å²) in [6.07, 6.45) is 2.24. The normalized spacial score (nSPS) is 10.7. The highest BCUT2D eigenvalue weighted by Crippen LogP contribution is 2.04. The molecule has 0 radical (unpaired) electrons. The zero-order chi connectivity index (χ0) is 14.7. The zero-order valence-corrected chi connectivity index (χ0v) is 11.8. The number of nitrogens with zero attached hydrogens (tertiary/aromatic N) is 2. The van der Waals surface area contributed by atoms with Gasteiger partial charge in [0.1, 0.15) is 5.69 Å². The summed E-state index contributed by atoms with van der Waals surface area (Å²) in [6.45, 7) is 4.74. The molecule has 0 saturated carbocycles. The lowest BCUT2D eigenvalue weighted by molar-refractivity contribution is 0.573. The van der Waals surface area contributed by atoms with Gasteiger partial charge in [-0.25, -0.2) is 4.79 Å². The maximum atomic E-state index is 12.3. The average molecular weight is 273 g/mol. The quantitative estimate of drug-likeness (QED) is 0.914. The van der Waals surface area contributed by atoms with Crippen LogP contribution < -0.4 is 17.0 Å². The highest BCUT2D eigenvalue weighted by atomic mass is 16.2. The van der Waals surface area contributed by atoms with E-state index in [0.717, 1.165) is 17.5 Å². The topological polar surface area (TPSA) is 70.0 Å². The van der Waals surface area contributed by atoms with Gasteiger partial charge in [-0.2, -0.15) is 0 Å². The van der Waals surface area contributed by atoms with E-state index in [2.05, 4.69) is 0 Å². The van der Waals surface area contributed by atoms with Gasteiger partial charge in [0.05, 0.1) is 6.54 Å². The van der Waals surface area contributed by atoms with Crippen LogP contribution in [0.25, 0.3) is 0 Å². The Morgan fingerprint density at radius 1 is 1.25 bits per heavy atom. The molecule has 0 bridgehead atoms. The van der Waals surface area contributed by atoms with Crippen LogP contribution in [0.2, 0.25) is 0 Å². The van der Waals surface area contributed by atoms with E-state index in [-0.39, 0.29) is 17.9 Å². The molecule has 5 heteroatoms. The van der Waals surface area contributed by atoms with Gasteiger partial charge in [0.25, 0.3) is 5.56 Å². The van der Waals surface area contributed by atoms with Crippen molar-refractivity contribution >= 4 is 5.69 Å². The molecule has 0 amide bonds. The van der Waals surface area contributed by atoms with Gasteiger partial charge < -0.3 is 5.73 Å². The minimum atomic E-state index is -0.427. The van der Waals surface area contributed by atoms with Gasteiger partial charge in [0.2, 0.25) is 0 Å². The van der Waals surface area contributed by atoms with Gasteiger partial charge in [-0.05, 0) is 18.9 Å². The number of nitrogens with two attached hydrogens (primary N) is 1. The summed E-state index contributed by atoms with van der Waals surface area (Å²) in [5, 5.41) is 0. The Kier molecular flexibility index (Phi) is 4.08. The lowest BCUT2D eigenvalue weighted by Gasteiger charge is -2.11. The monoisotopic (exact) mass is 273 g/mol. The molecule has 0 unspecified atom stereocenters. The van der Waals surface area contributed by atoms with E-state index in [1.165, 1.54) is 15.3 Å². The lowest BCUT2D eigenvalue weighted by atomic mass is 10.1. The minimum Gasteiger partial charge on any atom is -0.393 e. The van der Waals surface area contributed by atoms with Crippen molar-refractivity contribution in [3.05, 3.63) is 62.4 Å². The molecule has 1 heterocycles. The second-order valence-electron chi connectivity index (χ2n) is 4.94. The first-order valence-corrected chi connectivity index (χ1v) is 6.68. The maximum absolute atomic E-state index is 12.3. The van der Waals surface area contributed by atoms with Crippen LogP contribution in [0.1, 0.15) is 24.5 Å². The molecule has 5 nitrogen and oxygen atoms in total. The second kappa shape index (κ2) is 5.77. The lowest BCUT2D eigenvalue weighted by Crippen LogP contribution is -2.40. The van der Waals surface area contributed by atoms with E-state index in [9.17, 15) is 9.59 Å². The predicted octanol–water partition coefficient (Wildman–Crippen LogP) is 1.36. The Balaban J connectivity index is 2.51. The number of rotatable bonds is 4. The number of aromatic nitrogens is 2. The van der Waals surface area contributed by atoms with E-state index in [1.807, 2.05) is 38.1 Å². The van der Waals surface area contributed by atoms with Crippen LogP contribution >= 0.6 is 0 Å². The highest BCUT2D eigenvalue weighted by Gasteiger charge is 2.09. The Bertz CT molecular complexity index is 729. The third kappa shape index (κ3) is 2.82. The summed E-state index contributed by atoms with van der Waals surface area (Å²) in [4.78, 5) is 24.4. The van der Waals surface area contributed by atoms with E-state index in [1.54, 1.807) is 0 Å². The first kappa shape index (κ1) is 14.1. The molecular formula is C15H19N3O2. The number of hydrogen-bond donors (Lipinski definition) is 1. The van der Waals surface area contributed by atoms with Crippen molar-refractivity contribution in [2.24, 2.45) is 0 Å². The molecule has 0 atom stereocenters. The predicted molar refractivity (Wildman–Crippen MR) is 79.9 cm³/mol. The summed E-state index contributed by atoms with van der Waals surface area (Å²) in [6, 6.07) is 7.74. The SMILES string of the molecule is CCCn1cc(N)c(=O)n(Cc2cccc(C)c2)c1=O. The van der Waals surface area contributed by atoms with Crippen LogP contribution in [0.15, 0.2) is 40.1 Å². The third-order valence-corrected chi connectivity index (χ3v) is 3.15. The second-order valence-corrected chi connectivity index (χ2v) is 4.94. The van der Waals surface area contributed by atoms with Crippen LogP contribution in [-0.4, -0.2) is 9.13 Å². The van der Waals surface area contributed by atoms with Crippen molar-refractivity contribution in [3.63, 3.8) is 0 Å².